The van der Waals surface area contributed by atoms with Gasteiger partial charge in [0.05, 0.1) is 12.2 Å². The first kappa shape index (κ1) is 21.7. The number of methoxy groups -OCH3 is 1. The number of rotatable bonds is 9. The van der Waals surface area contributed by atoms with E-state index >= 15 is 0 Å². The molecule has 1 aromatic heterocycles. The highest BCUT2D eigenvalue weighted by Gasteiger charge is 2.32. The van der Waals surface area contributed by atoms with Crippen LogP contribution in [0.2, 0.25) is 0 Å². The molecule has 2 aromatic rings. The Morgan fingerprint density at radius 1 is 1.28 bits per heavy atom. The van der Waals surface area contributed by atoms with Crippen LogP contribution in [-0.4, -0.2) is 37.0 Å². The van der Waals surface area contributed by atoms with Gasteiger partial charge in [-0.1, -0.05) is 37.6 Å². The summed E-state index contributed by atoms with van der Waals surface area (Å²) < 4.78 is 24.9. The van der Waals surface area contributed by atoms with Crippen LogP contribution >= 0.6 is 0 Å². The molecule has 6 heteroatoms. The summed E-state index contributed by atoms with van der Waals surface area (Å²) in [5.41, 5.74) is 1.72. The lowest BCUT2D eigenvalue weighted by molar-refractivity contribution is 0.188. The van der Waals surface area contributed by atoms with Crippen molar-refractivity contribution < 1.29 is 13.5 Å². The summed E-state index contributed by atoms with van der Waals surface area (Å²) in [5, 5.41) is 11.8. The Kier molecular flexibility index (Phi) is 7.56. The van der Waals surface area contributed by atoms with Crippen LogP contribution in [0.4, 0.5) is 4.39 Å². The molecule has 1 aliphatic rings. The summed E-state index contributed by atoms with van der Waals surface area (Å²) >= 11 is 0. The molecule has 0 amide bonds. The Hall–Kier alpha value is -2.05. The van der Waals surface area contributed by atoms with Crippen molar-refractivity contribution in [1.82, 2.24) is 15.5 Å². The van der Waals surface area contributed by atoms with E-state index in [0.29, 0.717) is 41.5 Å². The molecule has 29 heavy (non-hydrogen) atoms. The fraction of sp³-hybridized carbons (Fsp3) is 0.565. The zero-order valence-electron chi connectivity index (χ0n) is 17.8. The topological polar surface area (TPSA) is 60.2 Å². The van der Waals surface area contributed by atoms with Gasteiger partial charge in [0.15, 0.2) is 0 Å². The standard InChI is InChI=1S/C23H32FN3O2/c1-15(2)20-12-17(16(3)11-18(20)14-25-9-10-28-4)13-22-26-27-23(29-22)19-7-5-6-8-21(19)24/h5-8,11,15,17-18,20,25H,9-10,12-14H2,1-4H3. The number of ether oxygens (including phenoxy) is 1. The minimum absolute atomic E-state index is 0.246. The largest absolute Gasteiger partial charge is 0.421 e. The molecule has 3 atom stereocenters. The predicted octanol–water partition coefficient (Wildman–Crippen LogP) is 4.51. The Morgan fingerprint density at radius 3 is 2.79 bits per heavy atom. The van der Waals surface area contributed by atoms with Gasteiger partial charge in [-0.05, 0) is 49.1 Å². The maximum atomic E-state index is 14.0. The Morgan fingerprint density at radius 2 is 2.07 bits per heavy atom. The van der Waals surface area contributed by atoms with E-state index < -0.39 is 0 Å². The lowest BCUT2D eigenvalue weighted by Crippen LogP contribution is -2.35. The molecule has 1 aliphatic carbocycles. The van der Waals surface area contributed by atoms with Crippen LogP contribution in [0.15, 0.2) is 40.3 Å². The average molecular weight is 402 g/mol. The highest BCUT2D eigenvalue weighted by molar-refractivity contribution is 5.53. The van der Waals surface area contributed by atoms with E-state index in [-0.39, 0.29) is 11.7 Å². The lowest BCUT2D eigenvalue weighted by Gasteiger charge is -2.37. The minimum Gasteiger partial charge on any atom is -0.421 e. The van der Waals surface area contributed by atoms with Crippen LogP contribution < -0.4 is 5.32 Å². The van der Waals surface area contributed by atoms with Crippen molar-refractivity contribution in [2.75, 3.05) is 26.8 Å². The molecule has 0 spiro atoms. The second kappa shape index (κ2) is 10.1. The maximum absolute atomic E-state index is 14.0. The van der Waals surface area contributed by atoms with Crippen LogP contribution in [0, 0.1) is 29.5 Å². The molecule has 0 bridgehead atoms. The van der Waals surface area contributed by atoms with E-state index in [4.69, 9.17) is 9.15 Å². The van der Waals surface area contributed by atoms with E-state index in [2.05, 4.69) is 42.4 Å². The molecule has 0 aliphatic heterocycles. The Balaban J connectivity index is 1.69. The smallest absolute Gasteiger partial charge is 0.250 e. The van der Waals surface area contributed by atoms with Crippen molar-refractivity contribution in [3.05, 3.63) is 47.6 Å². The molecule has 0 radical (unpaired) electrons. The average Bonchev–Trinajstić information content (AvgIpc) is 3.15. The van der Waals surface area contributed by atoms with Gasteiger partial charge >= 0.3 is 0 Å². The van der Waals surface area contributed by atoms with Crippen molar-refractivity contribution in [1.29, 1.82) is 0 Å². The van der Waals surface area contributed by atoms with Gasteiger partial charge in [0, 0.05) is 26.6 Å². The van der Waals surface area contributed by atoms with E-state index in [9.17, 15) is 4.39 Å². The van der Waals surface area contributed by atoms with Gasteiger partial charge < -0.3 is 14.5 Å². The van der Waals surface area contributed by atoms with Crippen LogP contribution in [0.5, 0.6) is 0 Å². The number of benzene rings is 1. The number of aromatic nitrogens is 2. The van der Waals surface area contributed by atoms with Crippen LogP contribution in [-0.2, 0) is 11.2 Å². The van der Waals surface area contributed by atoms with Gasteiger partial charge in [0.2, 0.25) is 5.89 Å². The minimum atomic E-state index is -0.347. The van der Waals surface area contributed by atoms with E-state index in [1.807, 2.05) is 0 Å². The fourth-order valence-electron chi connectivity index (χ4n) is 4.24. The molecular weight excluding hydrogens is 369 g/mol. The molecule has 0 fully saturated rings. The quantitative estimate of drug-likeness (QED) is 0.495. The number of nitrogens with zero attached hydrogens (tertiary/aromatic N) is 2. The third kappa shape index (κ3) is 5.52. The second-order valence-corrected chi connectivity index (χ2v) is 8.30. The highest BCUT2D eigenvalue weighted by Crippen LogP contribution is 2.38. The van der Waals surface area contributed by atoms with Crippen LogP contribution in [0.3, 0.4) is 0 Å². The molecule has 0 saturated carbocycles. The van der Waals surface area contributed by atoms with Gasteiger partial charge in [-0.15, -0.1) is 10.2 Å². The Labute approximate surface area is 172 Å². The monoisotopic (exact) mass is 401 g/mol. The summed E-state index contributed by atoms with van der Waals surface area (Å²) in [6.45, 7) is 9.34. The fourth-order valence-corrected chi connectivity index (χ4v) is 4.24. The van der Waals surface area contributed by atoms with Gasteiger partial charge in [0.1, 0.15) is 5.82 Å². The van der Waals surface area contributed by atoms with E-state index in [1.165, 1.54) is 11.6 Å². The summed E-state index contributed by atoms with van der Waals surface area (Å²) in [4.78, 5) is 0. The van der Waals surface area contributed by atoms with Crippen LogP contribution in [0.1, 0.15) is 33.1 Å². The normalized spacial score (nSPS) is 22.1. The first-order chi connectivity index (χ1) is 14.0. The molecule has 1 aromatic carbocycles. The number of nitrogens with one attached hydrogen (secondary N) is 1. The first-order valence-corrected chi connectivity index (χ1v) is 10.4. The third-order valence-corrected chi connectivity index (χ3v) is 5.94. The molecule has 3 rings (SSSR count). The van der Waals surface area contributed by atoms with Crippen molar-refractivity contribution in [3.8, 4) is 11.5 Å². The van der Waals surface area contributed by atoms with E-state index in [1.54, 1.807) is 25.3 Å². The van der Waals surface area contributed by atoms with Crippen molar-refractivity contribution in [3.63, 3.8) is 0 Å². The van der Waals surface area contributed by atoms with E-state index in [0.717, 1.165) is 26.1 Å². The van der Waals surface area contributed by atoms with Gasteiger partial charge in [0.25, 0.3) is 5.89 Å². The zero-order valence-corrected chi connectivity index (χ0v) is 17.8. The van der Waals surface area contributed by atoms with Gasteiger partial charge in [-0.3, -0.25) is 0 Å². The molecule has 3 unspecified atom stereocenters. The number of hydrogen-bond donors (Lipinski definition) is 1. The summed E-state index contributed by atoms with van der Waals surface area (Å²) in [5.74, 6) is 2.53. The van der Waals surface area contributed by atoms with Crippen molar-refractivity contribution in [2.24, 2.45) is 23.7 Å². The second-order valence-electron chi connectivity index (χ2n) is 8.30. The van der Waals surface area contributed by atoms with Crippen molar-refractivity contribution >= 4 is 0 Å². The summed E-state index contributed by atoms with van der Waals surface area (Å²) in [6.07, 6.45) is 4.19. The van der Waals surface area contributed by atoms with Crippen molar-refractivity contribution in [2.45, 2.75) is 33.6 Å². The van der Waals surface area contributed by atoms with Gasteiger partial charge in [-0.2, -0.15) is 0 Å². The zero-order chi connectivity index (χ0) is 20.8. The molecule has 0 saturated heterocycles. The number of halogens is 1. The van der Waals surface area contributed by atoms with Crippen LogP contribution in [0.25, 0.3) is 11.5 Å². The molecule has 1 heterocycles. The summed E-state index contributed by atoms with van der Waals surface area (Å²) in [6, 6.07) is 6.49. The molecule has 5 nitrogen and oxygen atoms in total. The molecular formula is C23H32FN3O2. The van der Waals surface area contributed by atoms with Gasteiger partial charge in [-0.25, -0.2) is 4.39 Å². The lowest BCUT2D eigenvalue weighted by atomic mass is 9.70. The Bertz CT molecular complexity index is 818. The number of hydrogen-bond acceptors (Lipinski definition) is 5. The molecule has 1 N–H and O–H groups in total. The summed E-state index contributed by atoms with van der Waals surface area (Å²) in [7, 11) is 1.73. The third-order valence-electron chi connectivity index (χ3n) is 5.94. The maximum Gasteiger partial charge on any atom is 0.250 e. The SMILES string of the molecule is COCCNCC1C=C(C)C(Cc2nnc(-c3ccccc3F)o2)CC1C(C)C. The highest BCUT2D eigenvalue weighted by atomic mass is 19.1. The number of allylic oxidation sites excluding steroid dienone is 1. The first-order valence-electron chi connectivity index (χ1n) is 10.4. The molecule has 158 valence electrons. The predicted molar refractivity (Wildman–Crippen MR) is 112 cm³/mol.